The van der Waals surface area contributed by atoms with Crippen molar-refractivity contribution in [1.29, 1.82) is 0 Å². The Morgan fingerprint density at radius 1 is 1.14 bits per heavy atom. The van der Waals surface area contributed by atoms with E-state index >= 15 is 0 Å². The van der Waals surface area contributed by atoms with Crippen LogP contribution in [0.1, 0.15) is 32.6 Å². The van der Waals surface area contributed by atoms with Crippen molar-refractivity contribution in [2.45, 2.75) is 38.6 Å². The summed E-state index contributed by atoms with van der Waals surface area (Å²) >= 11 is 0. The van der Waals surface area contributed by atoms with Crippen LogP contribution in [0, 0.1) is 5.92 Å². The SMILES string of the molecule is CC1CCCCC1NC(=O)COc1cccc2ccccc12. The molecule has 2 aromatic carbocycles. The van der Waals surface area contributed by atoms with Crippen LogP contribution in [0.25, 0.3) is 10.8 Å². The zero-order valence-electron chi connectivity index (χ0n) is 13.0. The van der Waals surface area contributed by atoms with Crippen molar-refractivity contribution in [2.24, 2.45) is 5.92 Å². The molecule has 1 aliphatic carbocycles. The quantitative estimate of drug-likeness (QED) is 0.929. The Morgan fingerprint density at radius 2 is 1.91 bits per heavy atom. The molecule has 2 unspecified atom stereocenters. The molecule has 0 aromatic heterocycles. The monoisotopic (exact) mass is 297 g/mol. The van der Waals surface area contributed by atoms with Gasteiger partial charge in [-0.05, 0) is 30.2 Å². The maximum absolute atomic E-state index is 12.1. The maximum Gasteiger partial charge on any atom is 0.258 e. The number of carbonyl (C=O) groups is 1. The molecule has 0 radical (unpaired) electrons. The molecule has 116 valence electrons. The van der Waals surface area contributed by atoms with Gasteiger partial charge in [-0.15, -0.1) is 0 Å². The second kappa shape index (κ2) is 6.82. The van der Waals surface area contributed by atoms with Gasteiger partial charge in [-0.25, -0.2) is 0 Å². The van der Waals surface area contributed by atoms with Crippen molar-refractivity contribution in [3.05, 3.63) is 42.5 Å². The summed E-state index contributed by atoms with van der Waals surface area (Å²) in [6.45, 7) is 2.30. The fourth-order valence-corrected chi connectivity index (χ4v) is 3.24. The first kappa shape index (κ1) is 14.9. The van der Waals surface area contributed by atoms with Crippen molar-refractivity contribution in [3.8, 4) is 5.75 Å². The minimum atomic E-state index is -0.0216. The molecule has 1 N–H and O–H groups in total. The number of ether oxygens (including phenoxy) is 1. The number of amides is 1. The Morgan fingerprint density at radius 3 is 2.77 bits per heavy atom. The van der Waals surface area contributed by atoms with E-state index in [0.717, 1.165) is 22.9 Å². The van der Waals surface area contributed by atoms with Crippen molar-refractivity contribution in [3.63, 3.8) is 0 Å². The zero-order valence-corrected chi connectivity index (χ0v) is 13.0. The molecule has 0 spiro atoms. The van der Waals surface area contributed by atoms with E-state index in [1.165, 1.54) is 19.3 Å². The Kier molecular flexibility index (Phi) is 4.62. The highest BCUT2D eigenvalue weighted by atomic mass is 16.5. The first-order valence-electron chi connectivity index (χ1n) is 8.14. The molecule has 0 bridgehead atoms. The molecule has 1 aliphatic rings. The van der Waals surface area contributed by atoms with E-state index in [0.29, 0.717) is 12.0 Å². The van der Waals surface area contributed by atoms with Gasteiger partial charge in [0.25, 0.3) is 5.91 Å². The lowest BCUT2D eigenvalue weighted by molar-refractivity contribution is -0.124. The standard InChI is InChI=1S/C19H23NO2/c1-14-7-2-5-11-17(14)20-19(21)13-22-18-12-6-9-15-8-3-4-10-16(15)18/h3-4,6,8-10,12,14,17H,2,5,7,11,13H2,1H3,(H,20,21). The van der Waals surface area contributed by atoms with Crippen molar-refractivity contribution < 1.29 is 9.53 Å². The number of carbonyl (C=O) groups excluding carboxylic acids is 1. The molecule has 2 aromatic rings. The molecule has 1 fully saturated rings. The maximum atomic E-state index is 12.1. The van der Waals surface area contributed by atoms with Crippen LogP contribution >= 0.6 is 0 Å². The third kappa shape index (κ3) is 3.41. The molecule has 1 saturated carbocycles. The van der Waals surface area contributed by atoms with E-state index in [4.69, 9.17) is 4.74 Å². The van der Waals surface area contributed by atoms with E-state index in [1.807, 2.05) is 42.5 Å². The summed E-state index contributed by atoms with van der Waals surface area (Å²) in [6, 6.07) is 14.3. The van der Waals surface area contributed by atoms with Crippen LogP contribution in [0.3, 0.4) is 0 Å². The predicted octanol–water partition coefficient (Wildman–Crippen LogP) is 3.91. The summed E-state index contributed by atoms with van der Waals surface area (Å²) in [4.78, 5) is 12.1. The summed E-state index contributed by atoms with van der Waals surface area (Å²) in [5.41, 5.74) is 0. The van der Waals surface area contributed by atoms with E-state index in [-0.39, 0.29) is 12.5 Å². The molecule has 0 saturated heterocycles. The number of rotatable bonds is 4. The van der Waals surface area contributed by atoms with Crippen LogP contribution in [-0.4, -0.2) is 18.6 Å². The van der Waals surface area contributed by atoms with E-state index in [9.17, 15) is 4.79 Å². The summed E-state index contributed by atoms with van der Waals surface area (Å²) in [6.07, 6.45) is 4.77. The van der Waals surface area contributed by atoms with Gasteiger partial charge in [0.05, 0.1) is 0 Å². The molecule has 0 heterocycles. The Hall–Kier alpha value is -2.03. The minimum absolute atomic E-state index is 0.0216. The average molecular weight is 297 g/mol. The van der Waals surface area contributed by atoms with Gasteiger partial charge >= 0.3 is 0 Å². The summed E-state index contributed by atoms with van der Waals surface area (Å²) in [5, 5.41) is 5.29. The van der Waals surface area contributed by atoms with Gasteiger partial charge < -0.3 is 10.1 Å². The minimum Gasteiger partial charge on any atom is -0.483 e. The molecular weight excluding hydrogens is 274 g/mol. The summed E-state index contributed by atoms with van der Waals surface area (Å²) in [7, 11) is 0. The van der Waals surface area contributed by atoms with Crippen LogP contribution in [0.4, 0.5) is 0 Å². The van der Waals surface area contributed by atoms with Crippen molar-refractivity contribution >= 4 is 16.7 Å². The van der Waals surface area contributed by atoms with Gasteiger partial charge in [-0.2, -0.15) is 0 Å². The second-order valence-electron chi connectivity index (χ2n) is 6.20. The van der Waals surface area contributed by atoms with Crippen LogP contribution < -0.4 is 10.1 Å². The number of fused-ring (bicyclic) bond motifs is 1. The van der Waals surface area contributed by atoms with Gasteiger partial charge in [0.2, 0.25) is 0 Å². The topological polar surface area (TPSA) is 38.3 Å². The van der Waals surface area contributed by atoms with Gasteiger partial charge in [-0.1, -0.05) is 56.2 Å². The van der Waals surface area contributed by atoms with E-state index in [1.54, 1.807) is 0 Å². The summed E-state index contributed by atoms with van der Waals surface area (Å²) < 4.78 is 5.75. The fraction of sp³-hybridized carbons (Fsp3) is 0.421. The number of hydrogen-bond donors (Lipinski definition) is 1. The van der Waals surface area contributed by atoms with E-state index in [2.05, 4.69) is 12.2 Å². The molecule has 22 heavy (non-hydrogen) atoms. The first-order chi connectivity index (χ1) is 10.7. The van der Waals surface area contributed by atoms with Crippen molar-refractivity contribution in [2.75, 3.05) is 6.61 Å². The Bertz CT molecular complexity index is 647. The van der Waals surface area contributed by atoms with Gasteiger partial charge in [0.1, 0.15) is 5.75 Å². The smallest absolute Gasteiger partial charge is 0.258 e. The first-order valence-corrected chi connectivity index (χ1v) is 8.14. The van der Waals surface area contributed by atoms with Crippen LogP contribution in [0.5, 0.6) is 5.75 Å². The number of hydrogen-bond acceptors (Lipinski definition) is 2. The van der Waals surface area contributed by atoms with Crippen LogP contribution in [0.2, 0.25) is 0 Å². The highest BCUT2D eigenvalue weighted by Crippen LogP contribution is 2.25. The summed E-state index contributed by atoms with van der Waals surface area (Å²) in [5.74, 6) is 1.31. The average Bonchev–Trinajstić information content (AvgIpc) is 2.55. The molecule has 0 aliphatic heterocycles. The molecule has 3 nitrogen and oxygen atoms in total. The lowest BCUT2D eigenvalue weighted by Crippen LogP contribution is -2.43. The fourth-order valence-electron chi connectivity index (χ4n) is 3.24. The van der Waals surface area contributed by atoms with Gasteiger partial charge in [-0.3, -0.25) is 4.79 Å². The van der Waals surface area contributed by atoms with Gasteiger partial charge in [0.15, 0.2) is 6.61 Å². The van der Waals surface area contributed by atoms with Crippen LogP contribution in [-0.2, 0) is 4.79 Å². The Labute approximate surface area is 131 Å². The normalized spacial score (nSPS) is 21.5. The zero-order chi connectivity index (χ0) is 15.4. The number of nitrogens with one attached hydrogen (secondary N) is 1. The predicted molar refractivity (Wildman–Crippen MR) is 89.0 cm³/mol. The number of benzene rings is 2. The third-order valence-corrected chi connectivity index (χ3v) is 4.57. The third-order valence-electron chi connectivity index (χ3n) is 4.57. The highest BCUT2D eigenvalue weighted by molar-refractivity contribution is 5.88. The second-order valence-corrected chi connectivity index (χ2v) is 6.20. The lowest BCUT2D eigenvalue weighted by atomic mass is 9.86. The molecule has 1 amide bonds. The lowest BCUT2D eigenvalue weighted by Gasteiger charge is -2.29. The van der Waals surface area contributed by atoms with Gasteiger partial charge in [0, 0.05) is 11.4 Å². The Balaban J connectivity index is 1.60. The molecule has 3 rings (SSSR count). The van der Waals surface area contributed by atoms with E-state index < -0.39 is 0 Å². The molecular formula is C19H23NO2. The molecule has 3 heteroatoms. The highest BCUT2D eigenvalue weighted by Gasteiger charge is 2.22. The van der Waals surface area contributed by atoms with Crippen LogP contribution in [0.15, 0.2) is 42.5 Å². The van der Waals surface area contributed by atoms with Crippen molar-refractivity contribution in [1.82, 2.24) is 5.32 Å². The molecule has 2 atom stereocenters. The largest absolute Gasteiger partial charge is 0.483 e.